The second-order valence-corrected chi connectivity index (χ2v) is 21.4. The summed E-state index contributed by atoms with van der Waals surface area (Å²) in [7, 11) is 1.65. The van der Waals surface area contributed by atoms with Crippen LogP contribution in [0.5, 0.6) is 5.75 Å². The lowest BCUT2D eigenvalue weighted by Gasteiger charge is -2.69. The number of carboxylic acids is 1. The molecule has 15 heteroatoms. The molecular weight excluding hydrogens is 851 g/mol. The first-order valence-corrected chi connectivity index (χ1v) is 24.2. The van der Waals surface area contributed by atoms with Crippen LogP contribution in [-0.2, 0) is 17.7 Å². The maximum absolute atomic E-state index is 13.6. The summed E-state index contributed by atoms with van der Waals surface area (Å²) in [6.45, 7) is 14.8. The van der Waals surface area contributed by atoms with Crippen LogP contribution in [0.15, 0.2) is 54.7 Å². The van der Waals surface area contributed by atoms with Crippen molar-refractivity contribution in [1.82, 2.24) is 35.3 Å². The Bertz CT molecular complexity index is 2770. The van der Waals surface area contributed by atoms with Gasteiger partial charge in [0.15, 0.2) is 22.5 Å². The molecule has 2 atom stereocenters. The van der Waals surface area contributed by atoms with Crippen molar-refractivity contribution in [3.05, 3.63) is 82.8 Å². The lowest BCUT2D eigenvalue weighted by atomic mass is 9.39. The zero-order valence-electron chi connectivity index (χ0n) is 39.0. The van der Waals surface area contributed by atoms with E-state index in [9.17, 15) is 15.0 Å². The van der Waals surface area contributed by atoms with E-state index < -0.39 is 5.97 Å². The maximum Gasteiger partial charge on any atom is 0.355 e. The number of fused-ring (bicyclic) bond motifs is 2. The molecule has 4 N–H and O–H groups in total. The molecule has 5 aliphatic rings. The van der Waals surface area contributed by atoms with Gasteiger partial charge in [0.1, 0.15) is 11.6 Å². The fourth-order valence-corrected chi connectivity index (χ4v) is 14.3. The summed E-state index contributed by atoms with van der Waals surface area (Å²) in [5, 5.41) is 42.6. The molecule has 4 aliphatic carbocycles. The Morgan fingerprint density at radius 1 is 0.894 bits per heavy atom. The van der Waals surface area contributed by atoms with Crippen LogP contribution in [-0.4, -0.2) is 91.7 Å². The van der Waals surface area contributed by atoms with Crippen molar-refractivity contribution >= 4 is 50.1 Å². The number of aromatic carboxylic acids is 1. The molecule has 0 saturated heterocycles. The Hall–Kier alpha value is -5.48. The third-order valence-electron chi connectivity index (χ3n) is 14.9. The van der Waals surface area contributed by atoms with Gasteiger partial charge in [-0.15, -0.1) is 10.2 Å². The van der Waals surface area contributed by atoms with Gasteiger partial charge in [-0.3, -0.25) is 4.68 Å². The van der Waals surface area contributed by atoms with E-state index in [-0.39, 0.29) is 34.1 Å². The summed E-state index contributed by atoms with van der Waals surface area (Å²) >= 11 is 1.57. The number of pyridine rings is 1. The van der Waals surface area contributed by atoms with E-state index in [1.54, 1.807) is 18.4 Å². The number of carbonyl (C=O) groups is 1. The number of ether oxygens (including phenoxy) is 2. The number of aromatic nitrogens is 6. The Morgan fingerprint density at radius 2 is 1.67 bits per heavy atom. The maximum atomic E-state index is 13.6. The van der Waals surface area contributed by atoms with Crippen molar-refractivity contribution in [1.29, 1.82) is 0 Å². The number of benzene rings is 2. The molecular formula is C51H61N9O5S. The highest BCUT2D eigenvalue weighted by atomic mass is 32.1. The largest absolute Gasteiger partial charge is 0.497 e. The summed E-state index contributed by atoms with van der Waals surface area (Å²) in [5.41, 5.74) is 7.79. The van der Waals surface area contributed by atoms with Crippen molar-refractivity contribution in [3.8, 4) is 28.0 Å². The molecule has 0 spiro atoms. The van der Waals surface area contributed by atoms with Crippen molar-refractivity contribution in [2.24, 2.45) is 16.2 Å². The number of rotatable bonds is 16. The van der Waals surface area contributed by atoms with Crippen LogP contribution in [0.3, 0.4) is 0 Å². The van der Waals surface area contributed by atoms with E-state index in [4.69, 9.17) is 34.7 Å². The molecule has 4 saturated carbocycles. The highest BCUT2D eigenvalue weighted by Crippen LogP contribution is 2.72. The number of carboxylic acid groups (broad SMARTS) is 1. The molecule has 4 aromatic heterocycles. The number of thiazole rings is 1. The van der Waals surface area contributed by atoms with E-state index in [2.05, 4.69) is 54.0 Å². The second kappa shape index (κ2) is 17.0. The Kier molecular flexibility index (Phi) is 11.4. The molecule has 346 valence electrons. The second-order valence-electron chi connectivity index (χ2n) is 20.4. The summed E-state index contributed by atoms with van der Waals surface area (Å²) in [5.74, 6) is 1.45. The molecule has 11 rings (SSSR count). The van der Waals surface area contributed by atoms with Crippen LogP contribution in [0.4, 0.5) is 22.6 Å². The van der Waals surface area contributed by atoms with Gasteiger partial charge in [0.05, 0.1) is 35.7 Å². The van der Waals surface area contributed by atoms with Gasteiger partial charge < -0.3 is 35.2 Å². The van der Waals surface area contributed by atoms with Crippen LogP contribution in [0.25, 0.3) is 32.5 Å². The molecule has 0 radical (unpaired) electrons. The number of aliphatic hydroxyl groups is 1. The molecule has 1 aliphatic heterocycles. The number of anilines is 4. The summed E-state index contributed by atoms with van der Waals surface area (Å²) < 4.78 is 15.7. The van der Waals surface area contributed by atoms with Crippen molar-refractivity contribution in [3.63, 3.8) is 0 Å². The van der Waals surface area contributed by atoms with Crippen molar-refractivity contribution < 1.29 is 24.5 Å². The lowest BCUT2D eigenvalue weighted by molar-refractivity contribution is -0.247. The fraction of sp³-hybridized carbons (Fsp3) is 0.490. The molecule has 2 aromatic carbocycles. The molecule has 0 amide bonds. The number of nitrogens with one attached hydrogen (secondary N) is 2. The summed E-state index contributed by atoms with van der Waals surface area (Å²) in [4.78, 5) is 25.5. The van der Waals surface area contributed by atoms with Crippen LogP contribution in [0.2, 0.25) is 0 Å². The van der Waals surface area contributed by atoms with E-state index in [0.717, 1.165) is 131 Å². The summed E-state index contributed by atoms with van der Waals surface area (Å²) in [6, 6.07) is 15.9. The van der Waals surface area contributed by atoms with Crippen molar-refractivity contribution in [2.75, 3.05) is 50.2 Å². The van der Waals surface area contributed by atoms with E-state index >= 15 is 0 Å². The number of nitrogens with zero attached hydrogens (tertiary/aromatic N) is 7. The third kappa shape index (κ3) is 8.01. The van der Waals surface area contributed by atoms with E-state index in [1.807, 2.05) is 55.6 Å². The minimum absolute atomic E-state index is 0.0117. The van der Waals surface area contributed by atoms with Gasteiger partial charge in [0.2, 0.25) is 0 Å². The number of methoxy groups -OCH3 is 1. The Labute approximate surface area is 390 Å². The molecule has 4 bridgehead atoms. The minimum Gasteiger partial charge on any atom is -0.497 e. The number of hydrogen-bond donors (Lipinski definition) is 4. The SMILES string of the molecule is COc1ccc(-c2c(N3CCCc4c3nnc(Nc3nc5ccccc5s3)c4C)nc(C(=O)O)c(-c3cnn(CC45CC6(C)CC(C)(C4)CC(OCCNCCCO)(C6)C5)c3C)c2C)cc1. The van der Waals surface area contributed by atoms with Gasteiger partial charge in [-0.1, -0.05) is 49.4 Å². The van der Waals surface area contributed by atoms with Gasteiger partial charge in [-0.25, -0.2) is 14.8 Å². The third-order valence-corrected chi connectivity index (χ3v) is 15.8. The fourth-order valence-electron chi connectivity index (χ4n) is 13.4. The molecule has 66 heavy (non-hydrogen) atoms. The molecule has 5 heterocycles. The van der Waals surface area contributed by atoms with Crippen molar-refractivity contribution in [2.45, 2.75) is 105 Å². The average Bonchev–Trinajstić information content (AvgIpc) is 3.85. The number of aliphatic hydroxyl groups excluding tert-OH is 1. The number of para-hydroxylation sites is 1. The van der Waals surface area contributed by atoms with Gasteiger partial charge in [-0.2, -0.15) is 5.10 Å². The highest BCUT2D eigenvalue weighted by Gasteiger charge is 2.66. The standard InChI is InChI=1S/C51H61N9O5S/c1-31-36-11-9-20-59(44(36)58-57-43(31)56-47-54-38-12-7-8-13-39(38)66-47)45-40(34-14-16-35(64-6)17-15-34)32(2)41(42(55-45)46(62)63)37-23-53-60(33(37)3)30-50-25-48(4)24-49(5,26-50)28-51(27-48,29-50)65-22-19-52-18-10-21-61/h7-8,12-17,23,52,61H,9-11,18-22,24-30H2,1-6H3,(H,62,63)(H,54,56,57). The predicted molar refractivity (Wildman–Crippen MR) is 258 cm³/mol. The smallest absolute Gasteiger partial charge is 0.355 e. The summed E-state index contributed by atoms with van der Waals surface area (Å²) in [6.07, 6.45) is 10.7. The van der Waals surface area contributed by atoms with E-state index in [1.165, 1.54) is 6.42 Å². The monoisotopic (exact) mass is 911 g/mol. The number of hydrogen-bond acceptors (Lipinski definition) is 13. The molecule has 4 fully saturated rings. The molecule has 2 unspecified atom stereocenters. The van der Waals surface area contributed by atoms with Gasteiger partial charge >= 0.3 is 5.97 Å². The van der Waals surface area contributed by atoms with Crippen LogP contribution in [0.1, 0.15) is 98.1 Å². The molecule has 14 nitrogen and oxygen atoms in total. The normalized spacial score (nSPS) is 24.3. The minimum atomic E-state index is -1.11. The highest BCUT2D eigenvalue weighted by molar-refractivity contribution is 7.22. The van der Waals surface area contributed by atoms with Gasteiger partial charge in [0, 0.05) is 59.8 Å². The van der Waals surface area contributed by atoms with E-state index in [0.29, 0.717) is 36.2 Å². The van der Waals surface area contributed by atoms with Crippen LogP contribution in [0, 0.1) is 37.0 Å². The average molecular weight is 912 g/mol. The van der Waals surface area contributed by atoms with Gasteiger partial charge in [-0.05, 0) is 137 Å². The first-order valence-electron chi connectivity index (χ1n) is 23.4. The quantitative estimate of drug-likeness (QED) is 0.0677. The lowest BCUT2D eigenvalue weighted by Crippen LogP contribution is -2.64. The first kappa shape index (κ1) is 44.4. The Morgan fingerprint density at radius 3 is 2.39 bits per heavy atom. The topological polar surface area (TPSA) is 173 Å². The zero-order valence-corrected chi connectivity index (χ0v) is 39.8. The van der Waals surface area contributed by atoms with Crippen LogP contribution < -0.4 is 20.3 Å². The Balaban J connectivity index is 1.02. The zero-order chi connectivity index (χ0) is 46.0. The van der Waals surface area contributed by atoms with Gasteiger partial charge in [0.25, 0.3) is 0 Å². The molecule has 6 aromatic rings. The first-order chi connectivity index (χ1) is 31.7. The van der Waals surface area contributed by atoms with Crippen LogP contribution >= 0.6 is 11.3 Å². The predicted octanol–water partition coefficient (Wildman–Crippen LogP) is 9.58.